The lowest BCUT2D eigenvalue weighted by molar-refractivity contribution is -0.151. The van der Waals surface area contributed by atoms with Crippen LogP contribution in [0.2, 0.25) is 0 Å². The number of esters is 1. The van der Waals surface area contributed by atoms with Gasteiger partial charge in [0, 0.05) is 5.92 Å². The monoisotopic (exact) mass is 425 g/mol. The smallest absolute Gasteiger partial charge is 0.315 e. The molecule has 7 heteroatoms. The summed E-state index contributed by atoms with van der Waals surface area (Å²) in [5, 5.41) is 25.2. The number of hydrogen-bond acceptors (Lipinski definition) is 6. The molecule has 0 aromatic carbocycles. The van der Waals surface area contributed by atoms with Crippen LogP contribution in [0.4, 0.5) is 0 Å². The molecule has 3 N–H and O–H groups in total. The summed E-state index contributed by atoms with van der Waals surface area (Å²) >= 11 is 0. The van der Waals surface area contributed by atoms with Gasteiger partial charge in [0.1, 0.15) is 23.4 Å². The topological polar surface area (TPSA) is 109 Å². The number of allylic oxidation sites excluding steroid dienone is 1. The molecule has 4 fully saturated rings. The molecule has 1 aromatic heterocycles. The van der Waals surface area contributed by atoms with Crippen molar-refractivity contribution in [1.29, 1.82) is 0 Å². The highest BCUT2D eigenvalue weighted by atomic mass is 16.6. The van der Waals surface area contributed by atoms with Crippen LogP contribution in [-0.2, 0) is 20.9 Å². The summed E-state index contributed by atoms with van der Waals surface area (Å²) in [5.41, 5.74) is -0.852. The Labute approximate surface area is 180 Å². The van der Waals surface area contributed by atoms with Gasteiger partial charge in [0.15, 0.2) is 0 Å². The SMILES string of the molecule is C=C1C[C@]23C[C@@]1(O)CC[C@H]2C1=C[C@H]2OC(=O)[C@@](C)(C1[C@@H]3C(=O)NCc1ccco1)[C@H]2O. The van der Waals surface area contributed by atoms with Gasteiger partial charge in [-0.2, -0.15) is 0 Å². The number of carbonyl (C=O) groups is 2. The Hall–Kier alpha value is -2.38. The highest BCUT2D eigenvalue weighted by molar-refractivity contribution is 5.87. The molecule has 1 amide bonds. The molecular weight excluding hydrogens is 398 g/mol. The van der Waals surface area contributed by atoms with E-state index in [0.29, 0.717) is 25.0 Å². The van der Waals surface area contributed by atoms with Crippen molar-refractivity contribution in [2.24, 2.45) is 28.6 Å². The van der Waals surface area contributed by atoms with Crippen LogP contribution in [0.1, 0.15) is 38.4 Å². The molecule has 0 radical (unpaired) electrons. The van der Waals surface area contributed by atoms with Gasteiger partial charge in [-0.1, -0.05) is 12.2 Å². The highest BCUT2D eigenvalue weighted by Crippen LogP contribution is 2.74. The van der Waals surface area contributed by atoms with Crippen molar-refractivity contribution in [3.05, 3.63) is 48.0 Å². The number of rotatable bonds is 3. The first-order valence-electron chi connectivity index (χ1n) is 11.0. The molecule has 5 aliphatic rings. The zero-order valence-corrected chi connectivity index (χ0v) is 17.5. The number of nitrogens with one attached hydrogen (secondary N) is 1. The highest BCUT2D eigenvalue weighted by Gasteiger charge is 2.75. The van der Waals surface area contributed by atoms with Crippen molar-refractivity contribution < 1.29 is 29.0 Å². The van der Waals surface area contributed by atoms with Gasteiger partial charge < -0.3 is 24.7 Å². The van der Waals surface area contributed by atoms with Crippen LogP contribution in [0.5, 0.6) is 0 Å². The van der Waals surface area contributed by atoms with Crippen LogP contribution in [-0.4, -0.2) is 39.9 Å². The van der Waals surface area contributed by atoms with Gasteiger partial charge in [0.2, 0.25) is 5.91 Å². The van der Waals surface area contributed by atoms with Gasteiger partial charge in [-0.25, -0.2) is 0 Å². The van der Waals surface area contributed by atoms with Gasteiger partial charge >= 0.3 is 5.97 Å². The Morgan fingerprint density at radius 2 is 2.23 bits per heavy atom. The standard InChI is InChI=1S/C24H27NO6/c1-12-9-23-11-24(12,29)6-5-15(23)14-8-16-19(26)22(2,21(28)31-16)17(14)18(23)20(27)25-10-13-4-3-7-30-13/h3-4,7-8,15-19,26,29H,1,5-6,9-11H2,2H3,(H,25,27)/t15-,16+,17?,18+,19-,22-,23-,24-/m0/s1. The van der Waals surface area contributed by atoms with E-state index < -0.39 is 46.4 Å². The fourth-order valence-corrected chi connectivity index (χ4v) is 7.58. The Morgan fingerprint density at radius 1 is 1.42 bits per heavy atom. The normalized spacial score (nSPS) is 46.9. The molecule has 3 saturated carbocycles. The van der Waals surface area contributed by atoms with E-state index in [9.17, 15) is 19.8 Å². The van der Waals surface area contributed by atoms with Gasteiger partial charge in [-0.3, -0.25) is 9.59 Å². The molecule has 1 spiro atoms. The first-order chi connectivity index (χ1) is 14.7. The van der Waals surface area contributed by atoms with E-state index in [1.54, 1.807) is 25.3 Å². The van der Waals surface area contributed by atoms with Crippen molar-refractivity contribution in [1.82, 2.24) is 5.32 Å². The van der Waals surface area contributed by atoms with Crippen LogP contribution in [0.15, 0.2) is 46.6 Å². The molecule has 164 valence electrons. The van der Waals surface area contributed by atoms with E-state index in [1.165, 1.54) is 0 Å². The number of aliphatic hydroxyl groups is 2. The van der Waals surface area contributed by atoms with E-state index >= 15 is 0 Å². The number of furan rings is 1. The maximum Gasteiger partial charge on any atom is 0.315 e. The third kappa shape index (κ3) is 2.21. The molecule has 31 heavy (non-hydrogen) atoms. The first kappa shape index (κ1) is 19.3. The number of carbonyl (C=O) groups excluding carboxylic acids is 2. The van der Waals surface area contributed by atoms with Crippen molar-refractivity contribution in [3.8, 4) is 0 Å². The molecule has 6 rings (SSSR count). The Morgan fingerprint density at radius 3 is 2.97 bits per heavy atom. The Bertz CT molecular complexity index is 1030. The molecule has 8 atom stereocenters. The van der Waals surface area contributed by atoms with Crippen LogP contribution in [0.25, 0.3) is 0 Å². The number of fused-ring (bicyclic) bond motifs is 6. The van der Waals surface area contributed by atoms with Crippen molar-refractivity contribution in [3.63, 3.8) is 0 Å². The largest absolute Gasteiger partial charge is 0.467 e. The summed E-state index contributed by atoms with van der Waals surface area (Å²) in [6.07, 6.45) is 4.12. The molecular formula is C24H27NO6. The summed E-state index contributed by atoms with van der Waals surface area (Å²) in [7, 11) is 0. The second kappa shape index (κ2) is 5.90. The van der Waals surface area contributed by atoms with Crippen LogP contribution in [0.3, 0.4) is 0 Å². The summed E-state index contributed by atoms with van der Waals surface area (Å²) in [5.74, 6) is -0.977. The lowest BCUT2D eigenvalue weighted by atomic mass is 9.60. The lowest BCUT2D eigenvalue weighted by Crippen LogP contribution is -2.52. The summed E-state index contributed by atoms with van der Waals surface area (Å²) in [6, 6.07) is 3.56. The third-order valence-electron chi connectivity index (χ3n) is 8.99. The maximum absolute atomic E-state index is 13.7. The van der Waals surface area contributed by atoms with Crippen molar-refractivity contribution in [2.45, 2.75) is 57.0 Å². The second-order valence-electron chi connectivity index (χ2n) is 10.3. The minimum atomic E-state index is -1.18. The van der Waals surface area contributed by atoms with E-state index in [1.807, 2.05) is 6.08 Å². The zero-order chi connectivity index (χ0) is 21.8. The summed E-state index contributed by atoms with van der Waals surface area (Å²) < 4.78 is 10.9. The van der Waals surface area contributed by atoms with E-state index in [0.717, 1.165) is 17.6 Å². The number of aliphatic hydroxyl groups excluding tert-OH is 1. The minimum absolute atomic E-state index is 0.0558. The second-order valence-corrected chi connectivity index (χ2v) is 10.3. The van der Waals surface area contributed by atoms with Crippen LogP contribution >= 0.6 is 0 Å². The number of amides is 1. The predicted octanol–water partition coefficient (Wildman–Crippen LogP) is 1.85. The molecule has 7 nitrogen and oxygen atoms in total. The van der Waals surface area contributed by atoms with Crippen LogP contribution in [0, 0.1) is 28.6 Å². The lowest BCUT2D eigenvalue weighted by Gasteiger charge is -2.42. The molecule has 1 saturated heterocycles. The van der Waals surface area contributed by atoms with Crippen molar-refractivity contribution in [2.75, 3.05) is 0 Å². The van der Waals surface area contributed by atoms with Gasteiger partial charge in [0.25, 0.3) is 0 Å². The fraction of sp³-hybridized carbons (Fsp3) is 0.583. The third-order valence-corrected chi connectivity index (χ3v) is 8.99. The van der Waals surface area contributed by atoms with E-state index in [-0.39, 0.29) is 18.4 Å². The number of ether oxygens (including phenoxy) is 1. The average molecular weight is 425 g/mol. The zero-order valence-electron chi connectivity index (χ0n) is 17.5. The molecule has 1 aromatic rings. The Kier molecular flexibility index (Phi) is 3.67. The molecule has 2 heterocycles. The molecule has 1 unspecified atom stereocenters. The number of hydrogen-bond donors (Lipinski definition) is 3. The van der Waals surface area contributed by atoms with Gasteiger partial charge in [-0.15, -0.1) is 0 Å². The minimum Gasteiger partial charge on any atom is -0.467 e. The molecule has 4 aliphatic carbocycles. The quantitative estimate of drug-likeness (QED) is 0.504. The summed E-state index contributed by atoms with van der Waals surface area (Å²) in [4.78, 5) is 26.7. The maximum atomic E-state index is 13.7. The van der Waals surface area contributed by atoms with E-state index in [4.69, 9.17) is 9.15 Å². The fourth-order valence-electron chi connectivity index (χ4n) is 7.58. The summed E-state index contributed by atoms with van der Waals surface area (Å²) in [6.45, 7) is 6.13. The molecule has 4 bridgehead atoms. The predicted molar refractivity (Wildman–Crippen MR) is 108 cm³/mol. The van der Waals surface area contributed by atoms with Crippen molar-refractivity contribution >= 4 is 11.9 Å². The van der Waals surface area contributed by atoms with Crippen LogP contribution < -0.4 is 5.32 Å². The Balaban J connectivity index is 1.47. The average Bonchev–Trinajstić information content (AvgIpc) is 3.41. The molecule has 1 aliphatic heterocycles. The van der Waals surface area contributed by atoms with Gasteiger partial charge in [-0.05, 0) is 67.7 Å². The first-order valence-corrected chi connectivity index (χ1v) is 11.0. The van der Waals surface area contributed by atoms with Gasteiger partial charge in [0.05, 0.1) is 24.3 Å². The van der Waals surface area contributed by atoms with E-state index in [2.05, 4.69) is 11.9 Å².